The van der Waals surface area contributed by atoms with Crippen molar-refractivity contribution >= 4 is 54.0 Å². The topological polar surface area (TPSA) is 89.5 Å². The van der Waals surface area contributed by atoms with Crippen LogP contribution in [0.3, 0.4) is 0 Å². The Kier molecular flexibility index (Phi) is 7.69. The lowest BCUT2D eigenvalue weighted by molar-refractivity contribution is -0.118. The second-order valence-corrected chi connectivity index (χ2v) is 11.5. The van der Waals surface area contributed by atoms with Crippen molar-refractivity contribution in [2.75, 3.05) is 17.8 Å². The number of methoxy groups -OCH3 is 1. The van der Waals surface area contributed by atoms with Gasteiger partial charge in [-0.1, -0.05) is 35.1 Å². The summed E-state index contributed by atoms with van der Waals surface area (Å²) >= 11 is 7.26. The first-order chi connectivity index (χ1) is 16.8. The molecule has 0 saturated heterocycles. The van der Waals surface area contributed by atoms with E-state index in [1.54, 1.807) is 18.2 Å². The van der Waals surface area contributed by atoms with Gasteiger partial charge in [0.1, 0.15) is 11.3 Å². The predicted octanol–water partition coefficient (Wildman–Crippen LogP) is 5.45. The molecule has 2 aromatic heterocycles. The highest BCUT2D eigenvalue weighted by atomic mass is 35.5. The SMILES string of the molecule is COc1ccc(C)c2sc(N(Cc3ccccn3)C(=O)CCCS(=O)(=O)c3ccc(Cl)cc3)nc12. The molecule has 1 amide bonds. The summed E-state index contributed by atoms with van der Waals surface area (Å²) in [5, 5.41) is 0.982. The number of aromatic nitrogens is 2. The first-order valence-corrected chi connectivity index (χ1v) is 13.8. The summed E-state index contributed by atoms with van der Waals surface area (Å²) < 4.78 is 31.8. The molecule has 0 spiro atoms. The molecular formula is C25H24ClN3O4S2. The highest BCUT2D eigenvalue weighted by Crippen LogP contribution is 2.37. The normalized spacial score (nSPS) is 11.5. The molecule has 0 bridgehead atoms. The summed E-state index contributed by atoms with van der Waals surface area (Å²) in [5.41, 5.74) is 2.43. The van der Waals surface area contributed by atoms with Crippen LogP contribution in [-0.2, 0) is 21.2 Å². The van der Waals surface area contributed by atoms with Crippen molar-refractivity contribution in [1.29, 1.82) is 0 Å². The van der Waals surface area contributed by atoms with Gasteiger partial charge in [-0.05, 0) is 61.4 Å². The van der Waals surface area contributed by atoms with Gasteiger partial charge in [0.2, 0.25) is 5.91 Å². The quantitative estimate of drug-likeness (QED) is 0.286. The number of carbonyl (C=O) groups excluding carboxylic acids is 1. The van der Waals surface area contributed by atoms with Crippen molar-refractivity contribution in [1.82, 2.24) is 9.97 Å². The Morgan fingerprint density at radius 3 is 2.57 bits per heavy atom. The van der Waals surface area contributed by atoms with Crippen LogP contribution in [0.1, 0.15) is 24.1 Å². The molecule has 0 saturated carbocycles. The average Bonchev–Trinajstić information content (AvgIpc) is 3.30. The molecule has 0 unspecified atom stereocenters. The zero-order chi connectivity index (χ0) is 25.0. The van der Waals surface area contributed by atoms with Crippen molar-refractivity contribution in [3.63, 3.8) is 0 Å². The second-order valence-electron chi connectivity index (χ2n) is 7.94. The van der Waals surface area contributed by atoms with Crippen LogP contribution in [0.25, 0.3) is 10.2 Å². The van der Waals surface area contributed by atoms with Gasteiger partial charge in [0.05, 0.1) is 34.7 Å². The predicted molar refractivity (Wildman–Crippen MR) is 139 cm³/mol. The number of halogens is 1. The number of fused-ring (bicyclic) bond motifs is 1. The third kappa shape index (κ3) is 5.80. The number of aryl methyl sites for hydroxylation is 1. The fourth-order valence-electron chi connectivity index (χ4n) is 3.60. The zero-order valence-corrected chi connectivity index (χ0v) is 21.7. The Morgan fingerprint density at radius 2 is 1.89 bits per heavy atom. The van der Waals surface area contributed by atoms with Gasteiger partial charge in [0.15, 0.2) is 15.0 Å². The van der Waals surface area contributed by atoms with Gasteiger partial charge in [0, 0.05) is 17.6 Å². The Hall–Kier alpha value is -3.01. The largest absolute Gasteiger partial charge is 0.494 e. The van der Waals surface area contributed by atoms with E-state index >= 15 is 0 Å². The van der Waals surface area contributed by atoms with Crippen molar-refractivity contribution in [3.8, 4) is 5.75 Å². The Balaban J connectivity index is 1.57. The minimum Gasteiger partial charge on any atom is -0.494 e. The zero-order valence-electron chi connectivity index (χ0n) is 19.3. The summed E-state index contributed by atoms with van der Waals surface area (Å²) in [6.07, 6.45) is 1.89. The van der Waals surface area contributed by atoms with E-state index in [1.165, 1.54) is 35.6 Å². The van der Waals surface area contributed by atoms with E-state index in [-0.39, 0.29) is 35.9 Å². The van der Waals surface area contributed by atoms with E-state index in [9.17, 15) is 13.2 Å². The van der Waals surface area contributed by atoms with E-state index in [1.807, 2.05) is 37.3 Å². The molecule has 4 rings (SSSR count). The van der Waals surface area contributed by atoms with Crippen LogP contribution >= 0.6 is 22.9 Å². The first kappa shape index (κ1) is 25.1. The molecule has 0 aliphatic rings. The van der Waals surface area contributed by atoms with Crippen molar-refractivity contribution in [2.45, 2.75) is 31.2 Å². The second kappa shape index (κ2) is 10.7. The van der Waals surface area contributed by atoms with E-state index in [4.69, 9.17) is 21.3 Å². The molecule has 7 nitrogen and oxygen atoms in total. The fraction of sp³-hybridized carbons (Fsp3) is 0.240. The lowest BCUT2D eigenvalue weighted by Crippen LogP contribution is -2.30. The van der Waals surface area contributed by atoms with E-state index < -0.39 is 9.84 Å². The summed E-state index contributed by atoms with van der Waals surface area (Å²) in [5.74, 6) is 0.259. The van der Waals surface area contributed by atoms with Crippen molar-refractivity contribution in [3.05, 3.63) is 77.1 Å². The lowest BCUT2D eigenvalue weighted by atomic mass is 10.2. The van der Waals surface area contributed by atoms with Gasteiger partial charge in [-0.3, -0.25) is 14.7 Å². The van der Waals surface area contributed by atoms with Crippen molar-refractivity contribution < 1.29 is 17.9 Å². The number of thiazole rings is 1. The minimum atomic E-state index is -3.53. The smallest absolute Gasteiger partial charge is 0.229 e. The van der Waals surface area contributed by atoms with Crippen LogP contribution in [0.4, 0.5) is 5.13 Å². The Morgan fingerprint density at radius 1 is 1.11 bits per heavy atom. The van der Waals surface area contributed by atoms with Gasteiger partial charge in [0.25, 0.3) is 0 Å². The third-order valence-electron chi connectivity index (χ3n) is 5.47. The maximum Gasteiger partial charge on any atom is 0.229 e. The third-order valence-corrected chi connectivity index (χ3v) is 8.75. The molecule has 4 aromatic rings. The van der Waals surface area contributed by atoms with E-state index in [0.717, 1.165) is 10.3 Å². The highest BCUT2D eigenvalue weighted by molar-refractivity contribution is 7.91. The number of amides is 1. The molecular weight excluding hydrogens is 506 g/mol. The van der Waals surface area contributed by atoms with Gasteiger partial charge in [-0.25, -0.2) is 13.4 Å². The number of hydrogen-bond donors (Lipinski definition) is 0. The van der Waals surface area contributed by atoms with Crippen LogP contribution in [0, 0.1) is 6.92 Å². The number of ether oxygens (including phenoxy) is 1. The number of pyridine rings is 1. The maximum absolute atomic E-state index is 13.4. The summed E-state index contributed by atoms with van der Waals surface area (Å²) in [4.78, 5) is 24.2. The molecule has 0 atom stereocenters. The fourth-order valence-corrected chi connectivity index (χ4v) is 6.11. The summed E-state index contributed by atoms with van der Waals surface area (Å²) in [6, 6.07) is 15.3. The number of benzene rings is 2. The Bertz CT molecular complexity index is 1440. The molecule has 10 heteroatoms. The molecule has 0 aliphatic carbocycles. The van der Waals surface area contributed by atoms with Crippen LogP contribution in [-0.4, -0.2) is 37.2 Å². The number of nitrogens with zero attached hydrogens (tertiary/aromatic N) is 3. The molecule has 182 valence electrons. The highest BCUT2D eigenvalue weighted by Gasteiger charge is 2.23. The van der Waals surface area contributed by atoms with E-state index in [0.29, 0.717) is 27.1 Å². The summed E-state index contributed by atoms with van der Waals surface area (Å²) in [6.45, 7) is 2.21. The van der Waals surface area contributed by atoms with E-state index in [2.05, 4.69) is 4.98 Å². The molecule has 35 heavy (non-hydrogen) atoms. The van der Waals surface area contributed by atoms with Crippen LogP contribution in [0.2, 0.25) is 5.02 Å². The Labute approximate surface area is 213 Å². The summed E-state index contributed by atoms with van der Waals surface area (Å²) in [7, 11) is -1.94. The number of rotatable bonds is 9. The number of sulfone groups is 1. The van der Waals surface area contributed by atoms with Crippen molar-refractivity contribution in [2.24, 2.45) is 0 Å². The molecule has 0 N–H and O–H groups in total. The van der Waals surface area contributed by atoms with Crippen LogP contribution in [0.5, 0.6) is 5.75 Å². The molecule has 0 fully saturated rings. The maximum atomic E-state index is 13.4. The van der Waals surface area contributed by atoms with Gasteiger partial charge in [-0.2, -0.15) is 0 Å². The standard InChI is InChI=1S/C25H24ClN3O4S2/c1-17-8-13-21(33-2)23-24(17)34-25(28-23)29(16-19-6-3-4-14-27-19)22(30)7-5-15-35(31,32)20-11-9-18(26)10-12-20/h3-4,6,8-14H,5,7,15-16H2,1-2H3. The van der Waals surface area contributed by atoms with Crippen LogP contribution in [0.15, 0.2) is 65.7 Å². The van der Waals surface area contributed by atoms with Gasteiger partial charge < -0.3 is 4.74 Å². The number of hydrogen-bond acceptors (Lipinski definition) is 7. The molecule has 2 heterocycles. The molecule has 2 aromatic carbocycles. The number of anilines is 1. The van der Waals surface area contributed by atoms with Gasteiger partial charge >= 0.3 is 0 Å². The lowest BCUT2D eigenvalue weighted by Gasteiger charge is -2.19. The average molecular weight is 530 g/mol. The number of carbonyl (C=O) groups is 1. The minimum absolute atomic E-state index is 0.0473. The molecule has 0 radical (unpaired) electrons. The monoisotopic (exact) mass is 529 g/mol. The first-order valence-electron chi connectivity index (χ1n) is 10.9. The van der Waals surface area contributed by atoms with Gasteiger partial charge in [-0.15, -0.1) is 0 Å². The molecule has 0 aliphatic heterocycles. The van der Waals surface area contributed by atoms with Crippen LogP contribution < -0.4 is 9.64 Å².